The van der Waals surface area contributed by atoms with Gasteiger partial charge in [-0.15, -0.1) is 0 Å². The van der Waals surface area contributed by atoms with E-state index < -0.39 is 0 Å². The van der Waals surface area contributed by atoms with E-state index in [-0.39, 0.29) is 11.8 Å². The van der Waals surface area contributed by atoms with Crippen LogP contribution in [0.4, 0.5) is 0 Å². The molecule has 0 N–H and O–H groups in total. The van der Waals surface area contributed by atoms with Crippen LogP contribution in [-0.4, -0.2) is 59.3 Å². The number of hydrogen-bond acceptors (Lipinski definition) is 4. The van der Waals surface area contributed by atoms with Crippen LogP contribution in [0.2, 0.25) is 12.1 Å². The molecule has 4 radical (unpaired) electrons. The second-order valence-corrected chi connectivity index (χ2v) is 8.08. The lowest BCUT2D eigenvalue weighted by molar-refractivity contribution is -0.0442. The smallest absolute Gasteiger partial charge is 0.136 e. The van der Waals surface area contributed by atoms with Crippen LogP contribution in [0.15, 0.2) is 11.1 Å². The molecular weight excluding hydrogens is 312 g/mol. The Morgan fingerprint density at radius 1 is 0.727 bits per heavy atom. The van der Waals surface area contributed by atoms with E-state index in [0.717, 1.165) is 0 Å². The zero-order valence-electron chi connectivity index (χ0n) is 15.0. The SMILES string of the molecule is COC(OC)[Si]CCCC(CCC[Si]C(OC)OC)=C(C)C. The molecule has 0 unspecified atom stereocenters. The summed E-state index contributed by atoms with van der Waals surface area (Å²) in [5.74, 6) is -0.0623. The minimum Gasteiger partial charge on any atom is -0.360 e. The zero-order valence-corrected chi connectivity index (χ0v) is 17.0. The number of hydrogen-bond donors (Lipinski definition) is 0. The van der Waals surface area contributed by atoms with Crippen molar-refractivity contribution in [2.75, 3.05) is 28.4 Å². The van der Waals surface area contributed by atoms with Crippen molar-refractivity contribution in [2.45, 2.75) is 63.4 Å². The summed E-state index contributed by atoms with van der Waals surface area (Å²) >= 11 is 0. The first kappa shape index (κ1) is 22.0. The maximum absolute atomic E-state index is 5.23. The average Bonchev–Trinajstić information content (AvgIpc) is 2.52. The molecule has 0 spiro atoms. The Hall–Kier alpha value is 0.0138. The maximum atomic E-state index is 5.23. The second kappa shape index (κ2) is 14.6. The maximum Gasteiger partial charge on any atom is 0.136 e. The van der Waals surface area contributed by atoms with Gasteiger partial charge in [0.25, 0.3) is 0 Å². The summed E-state index contributed by atoms with van der Waals surface area (Å²) in [5.41, 5.74) is 3.07. The Bertz CT molecular complexity index is 264. The van der Waals surface area contributed by atoms with Gasteiger partial charge in [-0.25, -0.2) is 0 Å². The lowest BCUT2D eigenvalue weighted by Crippen LogP contribution is -2.21. The van der Waals surface area contributed by atoms with Gasteiger partial charge in [-0.2, -0.15) is 0 Å². The molecule has 0 aliphatic rings. The standard InChI is InChI=1S/C16H32O4Si2/c1-13(2)14(9-7-11-21-15(17-3)18-4)10-8-12-22-16(19-5)20-6/h15-16H,7-12H2,1-6H3. The molecule has 0 amide bonds. The van der Waals surface area contributed by atoms with Crippen molar-refractivity contribution in [2.24, 2.45) is 0 Å². The van der Waals surface area contributed by atoms with Crippen LogP contribution in [0.25, 0.3) is 0 Å². The molecule has 22 heavy (non-hydrogen) atoms. The van der Waals surface area contributed by atoms with Gasteiger partial charge in [-0.3, -0.25) is 0 Å². The monoisotopic (exact) mass is 344 g/mol. The van der Waals surface area contributed by atoms with Crippen molar-refractivity contribution in [3.8, 4) is 0 Å². The van der Waals surface area contributed by atoms with Crippen LogP contribution in [-0.2, 0) is 18.9 Å². The van der Waals surface area contributed by atoms with E-state index in [1.807, 2.05) is 0 Å². The average molecular weight is 345 g/mol. The summed E-state index contributed by atoms with van der Waals surface area (Å²) in [6.07, 6.45) is 4.81. The zero-order chi connectivity index (χ0) is 16.8. The third kappa shape index (κ3) is 10.7. The quantitative estimate of drug-likeness (QED) is 0.210. The van der Waals surface area contributed by atoms with E-state index in [1.165, 1.54) is 43.3 Å². The van der Waals surface area contributed by atoms with Gasteiger partial charge in [0.2, 0.25) is 0 Å². The molecule has 0 aliphatic carbocycles. The summed E-state index contributed by atoms with van der Waals surface area (Å²) in [6.45, 7) is 4.44. The third-order valence-electron chi connectivity index (χ3n) is 3.50. The second-order valence-electron chi connectivity index (χ2n) is 5.33. The van der Waals surface area contributed by atoms with Gasteiger partial charge in [0.1, 0.15) is 30.9 Å². The van der Waals surface area contributed by atoms with Gasteiger partial charge in [0.05, 0.1) is 0 Å². The predicted molar refractivity (Wildman–Crippen MR) is 93.6 cm³/mol. The summed E-state index contributed by atoms with van der Waals surface area (Å²) in [6, 6.07) is 2.33. The Morgan fingerprint density at radius 3 is 1.36 bits per heavy atom. The molecule has 4 nitrogen and oxygen atoms in total. The van der Waals surface area contributed by atoms with Crippen LogP contribution in [0.5, 0.6) is 0 Å². The van der Waals surface area contributed by atoms with E-state index in [1.54, 1.807) is 34.0 Å². The molecule has 0 heterocycles. The highest BCUT2D eigenvalue weighted by molar-refractivity contribution is 6.36. The topological polar surface area (TPSA) is 36.9 Å². The summed E-state index contributed by atoms with van der Waals surface area (Å²) in [7, 11) is 8.25. The van der Waals surface area contributed by atoms with Crippen LogP contribution in [0, 0.1) is 0 Å². The van der Waals surface area contributed by atoms with E-state index >= 15 is 0 Å². The Balaban J connectivity index is 3.91. The predicted octanol–water partition coefficient (Wildman–Crippen LogP) is 3.28. The highest BCUT2D eigenvalue weighted by Crippen LogP contribution is 2.19. The van der Waals surface area contributed by atoms with E-state index in [2.05, 4.69) is 13.8 Å². The minimum atomic E-state index is -0.0311. The normalized spacial score (nSPS) is 11.5. The van der Waals surface area contributed by atoms with Gasteiger partial charge in [-0.05, 0) is 26.7 Å². The van der Waals surface area contributed by atoms with Crippen LogP contribution < -0.4 is 0 Å². The number of methoxy groups -OCH3 is 4. The molecule has 0 bridgehead atoms. The van der Waals surface area contributed by atoms with Gasteiger partial charge in [0, 0.05) is 28.4 Å². The Kier molecular flexibility index (Phi) is 14.6. The molecule has 0 saturated carbocycles. The highest BCUT2D eigenvalue weighted by atomic mass is 28.2. The van der Waals surface area contributed by atoms with E-state index in [4.69, 9.17) is 18.9 Å². The molecule has 0 saturated heterocycles. The van der Waals surface area contributed by atoms with Crippen molar-refractivity contribution >= 4 is 19.0 Å². The van der Waals surface area contributed by atoms with E-state index in [0.29, 0.717) is 19.0 Å². The fraction of sp³-hybridized carbons (Fsp3) is 0.875. The number of rotatable bonds is 14. The van der Waals surface area contributed by atoms with Crippen LogP contribution in [0.3, 0.4) is 0 Å². The molecule has 0 aliphatic heterocycles. The lowest BCUT2D eigenvalue weighted by Gasteiger charge is -2.14. The summed E-state index contributed by atoms with van der Waals surface area (Å²) in [5, 5.41) is 0. The lowest BCUT2D eigenvalue weighted by atomic mass is 10.0. The molecule has 0 fully saturated rings. The molecule has 128 valence electrons. The molecule has 0 aromatic rings. The van der Waals surface area contributed by atoms with E-state index in [9.17, 15) is 0 Å². The van der Waals surface area contributed by atoms with Gasteiger partial charge in [-0.1, -0.05) is 36.1 Å². The number of allylic oxidation sites excluding steroid dienone is 2. The first-order valence-corrected chi connectivity index (χ1v) is 10.4. The van der Waals surface area contributed by atoms with Crippen LogP contribution >= 0.6 is 0 Å². The highest BCUT2D eigenvalue weighted by Gasteiger charge is 2.09. The minimum absolute atomic E-state index is 0.0311. The molecule has 0 aromatic heterocycles. The van der Waals surface area contributed by atoms with Gasteiger partial charge < -0.3 is 18.9 Å². The Labute approximate surface area is 141 Å². The molecular formula is C16H32O4Si2. The summed E-state index contributed by atoms with van der Waals surface area (Å²) < 4.78 is 20.9. The van der Waals surface area contributed by atoms with Crippen molar-refractivity contribution in [1.82, 2.24) is 0 Å². The molecule has 0 atom stereocenters. The number of ether oxygens (including phenoxy) is 4. The fourth-order valence-electron chi connectivity index (χ4n) is 2.19. The molecule has 0 aromatic carbocycles. The first-order chi connectivity index (χ1) is 10.6. The molecule has 0 rings (SSSR count). The molecule has 6 heteroatoms. The third-order valence-corrected chi connectivity index (χ3v) is 6.39. The van der Waals surface area contributed by atoms with Crippen molar-refractivity contribution < 1.29 is 18.9 Å². The van der Waals surface area contributed by atoms with Gasteiger partial charge >= 0.3 is 0 Å². The Morgan fingerprint density at radius 2 is 1.09 bits per heavy atom. The van der Waals surface area contributed by atoms with Crippen molar-refractivity contribution in [1.29, 1.82) is 0 Å². The van der Waals surface area contributed by atoms with Crippen LogP contribution in [0.1, 0.15) is 39.5 Å². The van der Waals surface area contributed by atoms with Crippen molar-refractivity contribution in [3.05, 3.63) is 11.1 Å². The fourth-order valence-corrected chi connectivity index (χ4v) is 4.09. The van der Waals surface area contributed by atoms with Crippen molar-refractivity contribution in [3.63, 3.8) is 0 Å². The van der Waals surface area contributed by atoms with Gasteiger partial charge in [0.15, 0.2) is 0 Å². The largest absolute Gasteiger partial charge is 0.360 e. The summed E-state index contributed by atoms with van der Waals surface area (Å²) in [4.78, 5) is 0. The first-order valence-electron chi connectivity index (χ1n) is 7.82.